The number of carbonyl (C=O) groups excluding carboxylic acids is 2. The van der Waals surface area contributed by atoms with Crippen LogP contribution in [0, 0.1) is 13.8 Å². The lowest BCUT2D eigenvalue weighted by molar-refractivity contribution is -0.140. The van der Waals surface area contributed by atoms with Crippen LogP contribution in [0.5, 0.6) is 0 Å². The summed E-state index contributed by atoms with van der Waals surface area (Å²) in [7, 11) is -4.15. The van der Waals surface area contributed by atoms with E-state index in [2.05, 4.69) is 21.2 Å². The van der Waals surface area contributed by atoms with E-state index in [0.29, 0.717) is 11.3 Å². The highest BCUT2D eigenvalue weighted by Gasteiger charge is 2.36. The molecule has 4 rings (SSSR count). The van der Waals surface area contributed by atoms with Crippen molar-refractivity contribution >= 4 is 43.5 Å². The van der Waals surface area contributed by atoms with Crippen molar-refractivity contribution in [3.63, 3.8) is 0 Å². The van der Waals surface area contributed by atoms with Gasteiger partial charge in [0.2, 0.25) is 11.8 Å². The van der Waals surface area contributed by atoms with Gasteiger partial charge >= 0.3 is 0 Å². The molecule has 9 heteroatoms. The standard InChI is InChI=1S/C36H40BrN3O4S/c1-26-16-17-27(2)32(22-26)40(45(43,44)31-14-10-7-11-15-31)25-34(41)39(24-29-18-20-30(37)21-19-29)33(35(42)38-36(3,4)5)23-28-12-8-6-9-13-28/h6-22,33H,23-25H2,1-5H3,(H,38,42). The quantitative estimate of drug-likeness (QED) is 0.187. The van der Waals surface area contributed by atoms with Crippen LogP contribution >= 0.6 is 15.9 Å². The second kappa shape index (κ2) is 14.4. The molecule has 0 heterocycles. The van der Waals surface area contributed by atoms with E-state index in [4.69, 9.17) is 0 Å². The summed E-state index contributed by atoms with van der Waals surface area (Å²) in [6, 6.07) is 29.7. The Morgan fingerprint density at radius 1 is 0.822 bits per heavy atom. The summed E-state index contributed by atoms with van der Waals surface area (Å²) in [5, 5.41) is 3.06. The maximum atomic E-state index is 14.6. The first kappa shape index (κ1) is 33.9. The zero-order chi connectivity index (χ0) is 32.8. The van der Waals surface area contributed by atoms with E-state index in [1.807, 2.05) is 101 Å². The van der Waals surface area contributed by atoms with Crippen LogP contribution in [0.3, 0.4) is 0 Å². The van der Waals surface area contributed by atoms with Crippen LogP contribution in [0.25, 0.3) is 0 Å². The molecular formula is C36H40BrN3O4S. The molecule has 0 saturated carbocycles. The van der Waals surface area contributed by atoms with E-state index in [1.54, 1.807) is 24.3 Å². The van der Waals surface area contributed by atoms with E-state index in [0.717, 1.165) is 21.2 Å². The molecule has 0 aliphatic carbocycles. The molecule has 0 aromatic heterocycles. The second-order valence-electron chi connectivity index (χ2n) is 12.2. The molecule has 7 nitrogen and oxygen atoms in total. The van der Waals surface area contributed by atoms with Gasteiger partial charge in [-0.2, -0.15) is 0 Å². The molecule has 4 aromatic rings. The van der Waals surface area contributed by atoms with Gasteiger partial charge in [-0.25, -0.2) is 8.42 Å². The number of halogens is 1. The molecule has 0 aliphatic heterocycles. The van der Waals surface area contributed by atoms with Crippen molar-refractivity contribution in [2.24, 2.45) is 0 Å². The third kappa shape index (κ3) is 9.05. The number of anilines is 1. The molecule has 45 heavy (non-hydrogen) atoms. The molecule has 0 bridgehead atoms. The number of aryl methyl sites for hydroxylation is 2. The number of amides is 2. The molecule has 0 aliphatic rings. The van der Waals surface area contributed by atoms with Gasteiger partial charge in [-0.05, 0) is 87.2 Å². The summed E-state index contributed by atoms with van der Waals surface area (Å²) in [5.41, 5.74) is 3.10. The van der Waals surface area contributed by atoms with Crippen molar-refractivity contribution in [3.8, 4) is 0 Å². The number of hydrogen-bond acceptors (Lipinski definition) is 4. The SMILES string of the molecule is Cc1ccc(C)c(N(CC(=O)N(Cc2ccc(Br)cc2)C(Cc2ccccc2)C(=O)NC(C)(C)C)S(=O)(=O)c2ccccc2)c1. The number of nitrogens with one attached hydrogen (secondary N) is 1. The smallest absolute Gasteiger partial charge is 0.264 e. The molecule has 1 unspecified atom stereocenters. The zero-order valence-corrected chi connectivity index (χ0v) is 28.7. The Bertz CT molecular complexity index is 1720. The van der Waals surface area contributed by atoms with E-state index >= 15 is 0 Å². The topological polar surface area (TPSA) is 86.8 Å². The third-order valence-electron chi connectivity index (χ3n) is 7.28. The fourth-order valence-electron chi connectivity index (χ4n) is 5.01. The number of hydrogen-bond donors (Lipinski definition) is 1. The van der Waals surface area contributed by atoms with Crippen molar-refractivity contribution in [2.75, 3.05) is 10.8 Å². The van der Waals surface area contributed by atoms with Gasteiger partial charge in [0, 0.05) is 23.0 Å². The Kier molecular flexibility index (Phi) is 10.9. The van der Waals surface area contributed by atoms with Crippen molar-refractivity contribution < 1.29 is 18.0 Å². The summed E-state index contributed by atoms with van der Waals surface area (Å²) in [4.78, 5) is 30.2. The fraction of sp³-hybridized carbons (Fsp3) is 0.278. The summed E-state index contributed by atoms with van der Waals surface area (Å²) in [6.07, 6.45) is 0.250. The highest BCUT2D eigenvalue weighted by molar-refractivity contribution is 9.10. The largest absolute Gasteiger partial charge is 0.350 e. The van der Waals surface area contributed by atoms with Crippen molar-refractivity contribution in [1.29, 1.82) is 0 Å². The van der Waals surface area contributed by atoms with Gasteiger partial charge < -0.3 is 10.2 Å². The number of carbonyl (C=O) groups is 2. The third-order valence-corrected chi connectivity index (χ3v) is 9.58. The van der Waals surface area contributed by atoms with Crippen LogP contribution in [0.2, 0.25) is 0 Å². The van der Waals surface area contributed by atoms with E-state index in [-0.39, 0.29) is 23.8 Å². The minimum atomic E-state index is -4.15. The van der Waals surface area contributed by atoms with Crippen LogP contribution < -0.4 is 9.62 Å². The molecule has 0 fully saturated rings. The Labute approximate surface area is 275 Å². The molecule has 4 aromatic carbocycles. The summed E-state index contributed by atoms with van der Waals surface area (Å²) >= 11 is 3.47. The maximum absolute atomic E-state index is 14.6. The second-order valence-corrected chi connectivity index (χ2v) is 15.0. The molecular weight excluding hydrogens is 650 g/mol. The molecule has 236 valence electrons. The van der Waals surface area contributed by atoms with E-state index in [9.17, 15) is 18.0 Å². The zero-order valence-electron chi connectivity index (χ0n) is 26.3. The van der Waals surface area contributed by atoms with Gasteiger partial charge in [0.25, 0.3) is 10.0 Å². The predicted molar refractivity (Wildman–Crippen MR) is 183 cm³/mol. The first-order valence-corrected chi connectivity index (χ1v) is 17.0. The van der Waals surface area contributed by atoms with Crippen LogP contribution in [0.15, 0.2) is 112 Å². The Balaban J connectivity index is 1.84. The molecule has 0 saturated heterocycles. The average molecular weight is 691 g/mol. The summed E-state index contributed by atoms with van der Waals surface area (Å²) < 4.78 is 30.5. The first-order valence-electron chi connectivity index (χ1n) is 14.8. The summed E-state index contributed by atoms with van der Waals surface area (Å²) in [5.74, 6) is -0.815. The normalized spacial score (nSPS) is 12.3. The van der Waals surface area contributed by atoms with Crippen LogP contribution in [0.1, 0.15) is 43.0 Å². The molecule has 1 N–H and O–H groups in total. The van der Waals surface area contributed by atoms with Gasteiger partial charge in [-0.1, -0.05) is 88.7 Å². The van der Waals surface area contributed by atoms with Gasteiger partial charge in [-0.3, -0.25) is 13.9 Å². The lowest BCUT2D eigenvalue weighted by Crippen LogP contribution is -2.56. The lowest BCUT2D eigenvalue weighted by Gasteiger charge is -2.35. The molecule has 2 amide bonds. The Morgan fingerprint density at radius 2 is 1.42 bits per heavy atom. The van der Waals surface area contributed by atoms with Crippen molar-refractivity contribution in [1.82, 2.24) is 10.2 Å². The fourth-order valence-corrected chi connectivity index (χ4v) is 6.77. The van der Waals surface area contributed by atoms with Crippen molar-refractivity contribution in [3.05, 3.63) is 130 Å². The van der Waals surface area contributed by atoms with Gasteiger partial charge in [-0.15, -0.1) is 0 Å². The summed E-state index contributed by atoms with van der Waals surface area (Å²) in [6.45, 7) is 8.98. The average Bonchev–Trinajstić information content (AvgIpc) is 3.00. The Morgan fingerprint density at radius 3 is 2.02 bits per heavy atom. The molecule has 0 radical (unpaired) electrons. The first-order chi connectivity index (χ1) is 21.2. The number of rotatable bonds is 11. The maximum Gasteiger partial charge on any atom is 0.264 e. The van der Waals surface area contributed by atoms with E-state index in [1.165, 1.54) is 21.3 Å². The number of benzene rings is 4. The predicted octanol–water partition coefficient (Wildman–Crippen LogP) is 6.82. The number of nitrogens with zero attached hydrogens (tertiary/aromatic N) is 2. The van der Waals surface area contributed by atoms with Crippen LogP contribution in [0.4, 0.5) is 5.69 Å². The molecule has 0 spiro atoms. The number of sulfonamides is 1. The highest BCUT2D eigenvalue weighted by atomic mass is 79.9. The molecule has 1 atom stereocenters. The van der Waals surface area contributed by atoms with Gasteiger partial charge in [0.05, 0.1) is 10.6 Å². The van der Waals surface area contributed by atoms with Gasteiger partial charge in [0.15, 0.2) is 0 Å². The van der Waals surface area contributed by atoms with E-state index < -0.39 is 34.1 Å². The van der Waals surface area contributed by atoms with Gasteiger partial charge in [0.1, 0.15) is 12.6 Å². The highest BCUT2D eigenvalue weighted by Crippen LogP contribution is 2.29. The van der Waals surface area contributed by atoms with Crippen molar-refractivity contribution in [2.45, 2.75) is 64.1 Å². The minimum Gasteiger partial charge on any atom is -0.350 e. The monoisotopic (exact) mass is 689 g/mol. The lowest BCUT2D eigenvalue weighted by atomic mass is 10.0. The minimum absolute atomic E-state index is 0.0736. The Hall–Kier alpha value is -3.95. The van der Waals surface area contributed by atoms with Crippen LogP contribution in [-0.2, 0) is 32.6 Å². The van der Waals surface area contributed by atoms with Crippen LogP contribution in [-0.4, -0.2) is 43.3 Å².